The predicted octanol–water partition coefficient (Wildman–Crippen LogP) is 5.50. The van der Waals surface area contributed by atoms with E-state index in [1.165, 1.54) is 17.0 Å². The molecule has 0 aliphatic rings. The number of carbonyl (C=O) groups is 2. The van der Waals surface area contributed by atoms with Crippen molar-refractivity contribution in [3.8, 4) is 22.7 Å². The summed E-state index contributed by atoms with van der Waals surface area (Å²) < 4.78 is 6.88. The summed E-state index contributed by atoms with van der Waals surface area (Å²) in [5.74, 6) is 0.290. The SMILES string of the molecule is COc1ccc(-n2nc(-c3ccccc3)cc2NC(=O)CN(CC(C)C)C(=O)c2ccc(C)c([N+](=O)[O-])c2)cc1. The maximum atomic E-state index is 13.4. The first-order chi connectivity index (χ1) is 19.2. The summed E-state index contributed by atoms with van der Waals surface area (Å²) >= 11 is 0. The number of nitro groups is 1. The Bertz CT molecular complexity index is 1510. The lowest BCUT2D eigenvalue weighted by Gasteiger charge is -2.24. The van der Waals surface area contributed by atoms with Gasteiger partial charge in [0.2, 0.25) is 5.91 Å². The van der Waals surface area contributed by atoms with Crippen molar-refractivity contribution in [2.75, 3.05) is 25.5 Å². The Labute approximate surface area is 232 Å². The molecule has 0 bridgehead atoms. The zero-order valence-corrected chi connectivity index (χ0v) is 22.8. The standard InChI is InChI=1S/C30H31N5O5/c1-20(2)18-33(30(37)23-11-10-21(3)27(16-23)35(38)39)19-29(36)31-28-17-26(22-8-6-5-7-9-22)32-34(28)24-12-14-25(40-4)15-13-24/h5-17,20H,18-19H2,1-4H3,(H,31,36). The van der Waals surface area contributed by atoms with Crippen LogP contribution in [0.15, 0.2) is 78.9 Å². The number of rotatable bonds is 10. The van der Waals surface area contributed by atoms with E-state index in [0.717, 1.165) is 5.56 Å². The van der Waals surface area contributed by atoms with E-state index in [-0.39, 0.29) is 23.7 Å². The molecule has 0 saturated carbocycles. The molecule has 10 nitrogen and oxygen atoms in total. The molecule has 0 fully saturated rings. The fourth-order valence-corrected chi connectivity index (χ4v) is 4.28. The van der Waals surface area contributed by atoms with Gasteiger partial charge in [0.25, 0.3) is 11.6 Å². The Morgan fingerprint density at radius 3 is 2.38 bits per heavy atom. The molecular weight excluding hydrogens is 510 g/mol. The lowest BCUT2D eigenvalue weighted by Crippen LogP contribution is -2.40. The van der Waals surface area contributed by atoms with E-state index in [1.54, 1.807) is 43.0 Å². The van der Waals surface area contributed by atoms with E-state index < -0.39 is 16.7 Å². The van der Waals surface area contributed by atoms with Crippen molar-refractivity contribution >= 4 is 23.3 Å². The number of methoxy groups -OCH3 is 1. The summed E-state index contributed by atoms with van der Waals surface area (Å²) in [5, 5.41) is 19.0. The lowest BCUT2D eigenvalue weighted by atomic mass is 10.1. The average molecular weight is 542 g/mol. The van der Waals surface area contributed by atoms with Crippen molar-refractivity contribution in [2.24, 2.45) is 5.92 Å². The number of ether oxygens (including phenoxy) is 1. The second-order valence-electron chi connectivity index (χ2n) is 9.78. The minimum atomic E-state index is -0.518. The highest BCUT2D eigenvalue weighted by molar-refractivity contribution is 5.99. The zero-order valence-electron chi connectivity index (χ0n) is 22.8. The molecule has 0 saturated heterocycles. The van der Waals surface area contributed by atoms with Crippen molar-refractivity contribution in [1.82, 2.24) is 14.7 Å². The highest BCUT2D eigenvalue weighted by atomic mass is 16.6. The van der Waals surface area contributed by atoms with Gasteiger partial charge in [-0.3, -0.25) is 19.7 Å². The molecule has 0 spiro atoms. The topological polar surface area (TPSA) is 120 Å². The van der Waals surface area contributed by atoms with Gasteiger partial charge in [0.1, 0.15) is 18.1 Å². The minimum absolute atomic E-state index is 0.0618. The first-order valence-corrected chi connectivity index (χ1v) is 12.8. The molecule has 4 rings (SSSR count). The number of carbonyl (C=O) groups excluding carboxylic acids is 2. The highest BCUT2D eigenvalue weighted by Gasteiger charge is 2.24. The van der Waals surface area contributed by atoms with Crippen LogP contribution in [0.3, 0.4) is 0 Å². The maximum Gasteiger partial charge on any atom is 0.273 e. The van der Waals surface area contributed by atoms with Gasteiger partial charge in [-0.2, -0.15) is 5.10 Å². The largest absolute Gasteiger partial charge is 0.497 e. The number of hydrogen-bond acceptors (Lipinski definition) is 6. The Balaban J connectivity index is 1.62. The first kappa shape index (κ1) is 28.0. The van der Waals surface area contributed by atoms with Crippen LogP contribution >= 0.6 is 0 Å². The van der Waals surface area contributed by atoms with Gasteiger partial charge in [0.15, 0.2) is 0 Å². The van der Waals surface area contributed by atoms with Crippen LogP contribution in [0.4, 0.5) is 11.5 Å². The minimum Gasteiger partial charge on any atom is -0.497 e. The first-order valence-electron chi connectivity index (χ1n) is 12.8. The molecule has 206 valence electrons. The van der Waals surface area contributed by atoms with Crippen molar-refractivity contribution < 1.29 is 19.2 Å². The van der Waals surface area contributed by atoms with E-state index >= 15 is 0 Å². The van der Waals surface area contributed by atoms with E-state index in [2.05, 4.69) is 5.32 Å². The van der Waals surface area contributed by atoms with Crippen molar-refractivity contribution in [1.29, 1.82) is 0 Å². The summed E-state index contributed by atoms with van der Waals surface area (Å²) in [6.07, 6.45) is 0. The number of aryl methyl sites for hydroxylation is 1. The molecule has 0 aliphatic heterocycles. The number of amides is 2. The summed E-state index contributed by atoms with van der Waals surface area (Å²) in [6, 6.07) is 23.0. The summed E-state index contributed by atoms with van der Waals surface area (Å²) in [5.41, 5.74) is 2.71. The van der Waals surface area contributed by atoms with Gasteiger partial charge >= 0.3 is 0 Å². The Hall–Kier alpha value is -4.99. The fourth-order valence-electron chi connectivity index (χ4n) is 4.28. The molecule has 0 radical (unpaired) electrons. The number of hydrogen-bond donors (Lipinski definition) is 1. The summed E-state index contributed by atoms with van der Waals surface area (Å²) in [4.78, 5) is 39.0. The molecule has 1 heterocycles. The van der Waals surface area contributed by atoms with Gasteiger partial charge in [-0.15, -0.1) is 0 Å². The molecule has 2 amide bonds. The number of nitrogens with one attached hydrogen (secondary N) is 1. The second kappa shape index (κ2) is 12.2. The van der Waals surface area contributed by atoms with Crippen LogP contribution in [0.5, 0.6) is 5.75 Å². The third-order valence-corrected chi connectivity index (χ3v) is 6.22. The molecule has 1 N–H and O–H groups in total. The number of nitro benzene ring substituents is 1. The molecule has 0 aliphatic carbocycles. The van der Waals surface area contributed by atoms with Gasteiger partial charge in [0, 0.05) is 35.4 Å². The van der Waals surface area contributed by atoms with Crippen molar-refractivity contribution in [3.63, 3.8) is 0 Å². The van der Waals surface area contributed by atoms with Crippen LogP contribution in [0.1, 0.15) is 29.8 Å². The van der Waals surface area contributed by atoms with Crippen molar-refractivity contribution in [3.05, 3.63) is 100 Å². The average Bonchev–Trinajstić information content (AvgIpc) is 3.36. The second-order valence-corrected chi connectivity index (χ2v) is 9.78. The van der Waals surface area contributed by atoms with Crippen molar-refractivity contribution in [2.45, 2.75) is 20.8 Å². The Kier molecular flexibility index (Phi) is 8.58. The van der Waals surface area contributed by atoms with Crippen LogP contribution in [0.2, 0.25) is 0 Å². The molecule has 40 heavy (non-hydrogen) atoms. The van der Waals surface area contributed by atoms with E-state index in [0.29, 0.717) is 35.1 Å². The zero-order chi connectivity index (χ0) is 28.8. The Morgan fingerprint density at radius 1 is 1.05 bits per heavy atom. The molecule has 0 unspecified atom stereocenters. The van der Waals surface area contributed by atoms with E-state index in [1.807, 2.05) is 56.3 Å². The quantitative estimate of drug-likeness (QED) is 0.209. The molecule has 3 aromatic carbocycles. The predicted molar refractivity (Wildman–Crippen MR) is 153 cm³/mol. The molecule has 10 heteroatoms. The van der Waals surface area contributed by atoms with Gasteiger partial charge in [0.05, 0.1) is 23.4 Å². The molecular formula is C30H31N5O5. The highest BCUT2D eigenvalue weighted by Crippen LogP contribution is 2.26. The van der Waals surface area contributed by atoms with E-state index in [9.17, 15) is 19.7 Å². The maximum absolute atomic E-state index is 13.4. The Morgan fingerprint density at radius 2 is 1.75 bits per heavy atom. The monoisotopic (exact) mass is 541 g/mol. The smallest absolute Gasteiger partial charge is 0.273 e. The summed E-state index contributed by atoms with van der Waals surface area (Å²) in [7, 11) is 1.58. The number of benzene rings is 3. The normalized spacial score (nSPS) is 10.8. The third-order valence-electron chi connectivity index (χ3n) is 6.22. The van der Waals surface area contributed by atoms with Crippen LogP contribution in [0, 0.1) is 23.0 Å². The molecule has 4 aromatic rings. The third kappa shape index (κ3) is 6.52. The van der Waals surface area contributed by atoms with Crippen LogP contribution in [-0.2, 0) is 4.79 Å². The number of anilines is 1. The number of aromatic nitrogens is 2. The lowest BCUT2D eigenvalue weighted by molar-refractivity contribution is -0.385. The van der Waals surface area contributed by atoms with Gasteiger partial charge in [-0.1, -0.05) is 50.2 Å². The van der Waals surface area contributed by atoms with Crippen LogP contribution in [-0.4, -0.2) is 51.6 Å². The molecule has 0 atom stereocenters. The fraction of sp³-hybridized carbons (Fsp3) is 0.233. The van der Waals surface area contributed by atoms with Crippen LogP contribution in [0.25, 0.3) is 16.9 Å². The molecule has 1 aromatic heterocycles. The number of nitrogens with zero attached hydrogens (tertiary/aromatic N) is 4. The van der Waals surface area contributed by atoms with Gasteiger partial charge in [-0.05, 0) is 43.2 Å². The van der Waals surface area contributed by atoms with E-state index in [4.69, 9.17) is 9.84 Å². The van der Waals surface area contributed by atoms with Gasteiger partial charge < -0.3 is 15.0 Å². The summed E-state index contributed by atoms with van der Waals surface area (Å²) in [6.45, 7) is 5.52. The van der Waals surface area contributed by atoms with Gasteiger partial charge in [-0.25, -0.2) is 4.68 Å². The van der Waals surface area contributed by atoms with Crippen LogP contribution < -0.4 is 10.1 Å².